The van der Waals surface area contributed by atoms with E-state index in [1.807, 2.05) is 13.8 Å². The summed E-state index contributed by atoms with van der Waals surface area (Å²) in [5.74, 6) is 3.19. The van der Waals surface area contributed by atoms with Crippen LogP contribution in [0.1, 0.15) is 76.8 Å². The molecule has 3 bridgehead atoms. The van der Waals surface area contributed by atoms with Crippen LogP contribution in [0.2, 0.25) is 0 Å². The number of nitriles is 1. The molecule has 5 atom stereocenters. The molecule has 0 aliphatic heterocycles. The summed E-state index contributed by atoms with van der Waals surface area (Å²) in [5.41, 5.74) is -0.639. The lowest BCUT2D eigenvalue weighted by atomic mass is 9.79. The molecule has 1 N–H and O–H groups in total. The summed E-state index contributed by atoms with van der Waals surface area (Å²) >= 11 is 1.52. The van der Waals surface area contributed by atoms with Crippen molar-refractivity contribution in [3.8, 4) is 11.9 Å². The molecule has 3 aliphatic rings. The van der Waals surface area contributed by atoms with Gasteiger partial charge in [0.25, 0.3) is 11.8 Å². The number of carbonyl (C=O) groups is 1. The van der Waals surface area contributed by atoms with E-state index in [2.05, 4.69) is 30.4 Å². The van der Waals surface area contributed by atoms with Gasteiger partial charge in [0.2, 0.25) is 5.76 Å². The minimum Gasteiger partial charge on any atom is -0.473 e. The van der Waals surface area contributed by atoms with Crippen molar-refractivity contribution in [1.82, 2.24) is 10.5 Å². The van der Waals surface area contributed by atoms with Crippen LogP contribution in [0.4, 0.5) is 0 Å². The molecule has 30 heavy (non-hydrogen) atoms. The Morgan fingerprint density at radius 3 is 2.83 bits per heavy atom. The maximum atomic E-state index is 13.3. The van der Waals surface area contributed by atoms with Gasteiger partial charge in [0.05, 0.1) is 11.5 Å². The van der Waals surface area contributed by atoms with Gasteiger partial charge >= 0.3 is 0 Å². The number of hydrogen-bond donors (Lipinski definition) is 1. The minimum atomic E-state index is -0.639. The molecule has 1 aromatic heterocycles. The zero-order valence-corrected chi connectivity index (χ0v) is 19.3. The molecule has 7 heteroatoms. The second-order valence-electron chi connectivity index (χ2n) is 10.3. The first-order chi connectivity index (χ1) is 14.3. The van der Waals surface area contributed by atoms with Crippen LogP contribution in [0, 0.1) is 40.4 Å². The third-order valence-corrected chi connectivity index (χ3v) is 8.02. The molecule has 3 fully saturated rings. The van der Waals surface area contributed by atoms with E-state index in [-0.39, 0.29) is 29.6 Å². The molecule has 1 amide bonds. The predicted molar refractivity (Wildman–Crippen MR) is 115 cm³/mol. The fraction of sp³-hybridized carbons (Fsp3) is 0.783. The van der Waals surface area contributed by atoms with Crippen LogP contribution in [0.25, 0.3) is 0 Å². The van der Waals surface area contributed by atoms with Crippen LogP contribution in [0.15, 0.2) is 9.42 Å². The van der Waals surface area contributed by atoms with Crippen LogP contribution in [0.3, 0.4) is 0 Å². The Labute approximate surface area is 183 Å². The number of amides is 1. The molecule has 4 rings (SSSR count). The third kappa shape index (κ3) is 4.34. The van der Waals surface area contributed by atoms with Gasteiger partial charge in [0, 0.05) is 11.3 Å². The SMILES string of the molecule is CC(C)Sc1c(OCC(C)(C)C#N)noc1C(=O)NC1C2CC3CCCC1C(C3)C2. The quantitative estimate of drug-likeness (QED) is 0.608. The maximum Gasteiger partial charge on any atom is 0.291 e. The minimum absolute atomic E-state index is 0.181. The molecule has 164 valence electrons. The van der Waals surface area contributed by atoms with Crippen molar-refractivity contribution < 1.29 is 14.1 Å². The van der Waals surface area contributed by atoms with Gasteiger partial charge in [0.15, 0.2) is 0 Å². The van der Waals surface area contributed by atoms with Gasteiger partial charge in [-0.2, -0.15) is 5.26 Å². The predicted octanol–water partition coefficient (Wildman–Crippen LogP) is 5.05. The topological polar surface area (TPSA) is 88.2 Å². The molecule has 0 aromatic carbocycles. The Morgan fingerprint density at radius 2 is 2.10 bits per heavy atom. The highest BCUT2D eigenvalue weighted by atomic mass is 32.2. The number of ether oxygens (including phenoxy) is 1. The van der Waals surface area contributed by atoms with Gasteiger partial charge in [-0.15, -0.1) is 11.8 Å². The highest BCUT2D eigenvalue weighted by Crippen LogP contribution is 2.53. The molecule has 0 radical (unpaired) electrons. The Balaban J connectivity index is 1.51. The zero-order valence-electron chi connectivity index (χ0n) is 18.4. The molecule has 5 unspecified atom stereocenters. The first kappa shape index (κ1) is 21.5. The number of thioether (sulfide) groups is 1. The van der Waals surface area contributed by atoms with E-state index in [0.717, 1.165) is 11.8 Å². The Bertz CT molecular complexity index is 828. The molecular formula is C23H33N3O3S. The second kappa shape index (κ2) is 8.45. The summed E-state index contributed by atoms with van der Waals surface area (Å²) in [4.78, 5) is 13.9. The average Bonchev–Trinajstić information content (AvgIpc) is 3.13. The molecule has 1 heterocycles. The Kier molecular flexibility index (Phi) is 6.07. The van der Waals surface area contributed by atoms with Gasteiger partial charge in [0.1, 0.15) is 11.5 Å². The van der Waals surface area contributed by atoms with Crippen molar-refractivity contribution in [3.63, 3.8) is 0 Å². The van der Waals surface area contributed by atoms with Gasteiger partial charge in [-0.05, 0) is 68.4 Å². The van der Waals surface area contributed by atoms with E-state index < -0.39 is 5.41 Å². The van der Waals surface area contributed by atoms with Crippen molar-refractivity contribution in [2.45, 2.75) is 82.4 Å². The van der Waals surface area contributed by atoms with Gasteiger partial charge in [-0.1, -0.05) is 26.7 Å². The summed E-state index contributed by atoms with van der Waals surface area (Å²) in [7, 11) is 0. The summed E-state index contributed by atoms with van der Waals surface area (Å²) < 4.78 is 11.3. The van der Waals surface area contributed by atoms with E-state index in [0.29, 0.717) is 22.6 Å². The normalized spacial score (nSPS) is 30.2. The van der Waals surface area contributed by atoms with Gasteiger partial charge < -0.3 is 14.6 Å². The van der Waals surface area contributed by atoms with Gasteiger partial charge in [-0.25, -0.2) is 0 Å². The van der Waals surface area contributed by atoms with Gasteiger partial charge in [-0.3, -0.25) is 4.79 Å². The zero-order chi connectivity index (χ0) is 21.5. The van der Waals surface area contributed by atoms with E-state index in [1.54, 1.807) is 0 Å². The fourth-order valence-electron chi connectivity index (χ4n) is 5.68. The second-order valence-corrected chi connectivity index (χ2v) is 11.9. The standard InChI is InChI=1S/C23H33N3O3S/c1-13(2)30-20-19(29-26-22(20)28-12-23(3,4)11-24)21(27)25-18-16-9-14-6-5-7-17(18)15(8-14)10-16/h13-18H,5-10,12H2,1-4H3,(H,25,27). The van der Waals surface area contributed by atoms with Crippen LogP contribution in [0.5, 0.6) is 5.88 Å². The van der Waals surface area contributed by atoms with Crippen molar-refractivity contribution in [3.05, 3.63) is 5.76 Å². The monoisotopic (exact) mass is 431 g/mol. The summed E-state index contributed by atoms with van der Waals surface area (Å²) in [5, 5.41) is 16.9. The third-order valence-electron chi connectivity index (χ3n) is 6.95. The Hall–Kier alpha value is -1.68. The number of aromatic nitrogens is 1. The smallest absolute Gasteiger partial charge is 0.291 e. The fourth-order valence-corrected chi connectivity index (χ4v) is 6.58. The lowest BCUT2D eigenvalue weighted by Crippen LogP contribution is -2.42. The number of nitrogens with zero attached hydrogens (tertiary/aromatic N) is 2. The number of hydrogen-bond acceptors (Lipinski definition) is 6. The first-order valence-corrected chi connectivity index (χ1v) is 12.2. The molecular weight excluding hydrogens is 398 g/mol. The van der Waals surface area contributed by atoms with E-state index >= 15 is 0 Å². The first-order valence-electron chi connectivity index (χ1n) is 11.3. The number of carbonyl (C=O) groups excluding carboxylic acids is 1. The van der Waals surface area contributed by atoms with Crippen molar-refractivity contribution in [2.75, 3.05) is 6.61 Å². The van der Waals surface area contributed by atoms with E-state index in [9.17, 15) is 10.1 Å². The van der Waals surface area contributed by atoms with Crippen LogP contribution in [-0.2, 0) is 0 Å². The summed E-state index contributed by atoms with van der Waals surface area (Å²) in [6.45, 7) is 7.94. The highest BCUT2D eigenvalue weighted by molar-refractivity contribution is 8.00. The number of nitrogens with one attached hydrogen (secondary N) is 1. The molecule has 1 aromatic rings. The molecule has 3 saturated carbocycles. The van der Waals surface area contributed by atoms with Crippen LogP contribution in [-0.4, -0.2) is 29.0 Å². The van der Waals surface area contributed by atoms with Crippen molar-refractivity contribution in [2.24, 2.45) is 29.1 Å². The van der Waals surface area contributed by atoms with Crippen LogP contribution < -0.4 is 10.1 Å². The molecule has 6 nitrogen and oxygen atoms in total. The molecule has 0 saturated heterocycles. The van der Waals surface area contributed by atoms with Crippen molar-refractivity contribution >= 4 is 17.7 Å². The Morgan fingerprint density at radius 1 is 1.33 bits per heavy atom. The lowest BCUT2D eigenvalue weighted by molar-refractivity contribution is 0.0865. The highest BCUT2D eigenvalue weighted by Gasteiger charge is 2.49. The number of fused-ring (bicyclic) bond motifs is 2. The van der Waals surface area contributed by atoms with Crippen molar-refractivity contribution in [1.29, 1.82) is 5.26 Å². The van der Waals surface area contributed by atoms with Crippen LogP contribution >= 0.6 is 11.8 Å². The number of rotatable bonds is 7. The average molecular weight is 432 g/mol. The van der Waals surface area contributed by atoms with E-state index in [4.69, 9.17) is 9.26 Å². The molecule has 3 aliphatic carbocycles. The largest absolute Gasteiger partial charge is 0.473 e. The molecule has 0 spiro atoms. The van der Waals surface area contributed by atoms with E-state index in [1.165, 1.54) is 50.3 Å². The lowest BCUT2D eigenvalue weighted by Gasteiger charge is -2.29. The summed E-state index contributed by atoms with van der Waals surface area (Å²) in [6.07, 6.45) is 7.73. The summed E-state index contributed by atoms with van der Waals surface area (Å²) in [6, 6.07) is 2.47. The maximum absolute atomic E-state index is 13.3.